The molecule has 1 aliphatic rings. The average Bonchev–Trinajstić information content (AvgIpc) is 2.32. The molecule has 0 spiro atoms. The molecule has 0 aromatic rings. The van der Waals surface area contributed by atoms with E-state index in [0.717, 1.165) is 0 Å². The summed E-state index contributed by atoms with van der Waals surface area (Å²) in [4.78, 5) is 33.9. The SMILES string of the molecule is CCOC1CC(OC(C)=O)C(NC(C)=O)[C@@H](OC(C)=O)C1. The lowest BCUT2D eigenvalue weighted by Gasteiger charge is -2.40. The van der Waals surface area contributed by atoms with E-state index in [9.17, 15) is 14.4 Å². The van der Waals surface area contributed by atoms with Crippen LogP contribution in [0.15, 0.2) is 0 Å². The van der Waals surface area contributed by atoms with Crippen LogP contribution in [0.2, 0.25) is 0 Å². The highest BCUT2D eigenvalue weighted by molar-refractivity contribution is 5.74. The zero-order valence-corrected chi connectivity index (χ0v) is 12.9. The number of rotatable bonds is 5. The molecule has 21 heavy (non-hydrogen) atoms. The fourth-order valence-electron chi connectivity index (χ4n) is 2.61. The van der Waals surface area contributed by atoms with Gasteiger partial charge < -0.3 is 19.5 Å². The number of hydrogen-bond acceptors (Lipinski definition) is 6. The molecule has 4 atom stereocenters. The number of nitrogens with one attached hydrogen (secondary N) is 1. The summed E-state index contributed by atoms with van der Waals surface area (Å²) >= 11 is 0. The molecule has 3 unspecified atom stereocenters. The van der Waals surface area contributed by atoms with Crippen molar-refractivity contribution in [3.63, 3.8) is 0 Å². The van der Waals surface area contributed by atoms with Gasteiger partial charge in [0, 0.05) is 40.2 Å². The van der Waals surface area contributed by atoms with Gasteiger partial charge in [0.2, 0.25) is 5.91 Å². The van der Waals surface area contributed by atoms with E-state index in [1.807, 2.05) is 6.92 Å². The fraction of sp³-hybridized carbons (Fsp3) is 0.786. The number of hydrogen-bond donors (Lipinski definition) is 1. The van der Waals surface area contributed by atoms with Crippen LogP contribution in [0.3, 0.4) is 0 Å². The van der Waals surface area contributed by atoms with Crippen LogP contribution in [-0.2, 0) is 28.6 Å². The second kappa shape index (κ2) is 7.97. The number of carbonyl (C=O) groups is 3. The molecule has 120 valence electrons. The highest BCUT2D eigenvalue weighted by atomic mass is 16.6. The Balaban J connectivity index is 2.92. The van der Waals surface area contributed by atoms with Crippen molar-refractivity contribution in [2.75, 3.05) is 6.61 Å². The van der Waals surface area contributed by atoms with E-state index in [1.165, 1.54) is 20.8 Å². The van der Waals surface area contributed by atoms with E-state index in [0.29, 0.717) is 19.4 Å². The fourth-order valence-corrected chi connectivity index (χ4v) is 2.61. The topological polar surface area (TPSA) is 90.9 Å². The predicted molar refractivity (Wildman–Crippen MR) is 73.4 cm³/mol. The van der Waals surface area contributed by atoms with Crippen LogP contribution in [0.5, 0.6) is 0 Å². The van der Waals surface area contributed by atoms with E-state index in [2.05, 4.69) is 5.32 Å². The number of esters is 2. The molecule has 1 rings (SSSR count). The zero-order chi connectivity index (χ0) is 16.0. The predicted octanol–water partition coefficient (Wildman–Crippen LogP) is 0.553. The van der Waals surface area contributed by atoms with Crippen LogP contribution in [0.1, 0.15) is 40.5 Å². The van der Waals surface area contributed by atoms with Gasteiger partial charge in [-0.25, -0.2) is 0 Å². The molecule has 1 N–H and O–H groups in total. The third kappa shape index (κ3) is 5.71. The Hall–Kier alpha value is -1.63. The maximum Gasteiger partial charge on any atom is 0.302 e. The van der Waals surface area contributed by atoms with Crippen molar-refractivity contribution >= 4 is 17.8 Å². The summed E-state index contributed by atoms with van der Waals surface area (Å²) < 4.78 is 16.1. The molecule has 1 fully saturated rings. The third-order valence-electron chi connectivity index (χ3n) is 3.20. The summed E-state index contributed by atoms with van der Waals surface area (Å²) in [7, 11) is 0. The molecule has 0 saturated heterocycles. The van der Waals surface area contributed by atoms with Crippen LogP contribution in [0, 0.1) is 0 Å². The molecule has 0 heterocycles. The maximum atomic E-state index is 11.4. The average molecular weight is 301 g/mol. The molecule has 7 nitrogen and oxygen atoms in total. The van der Waals surface area contributed by atoms with Gasteiger partial charge in [-0.15, -0.1) is 0 Å². The van der Waals surface area contributed by atoms with Crippen molar-refractivity contribution in [1.82, 2.24) is 5.32 Å². The molecule has 1 aliphatic carbocycles. The molecule has 0 aromatic carbocycles. The van der Waals surface area contributed by atoms with Crippen LogP contribution in [-0.4, -0.2) is 48.8 Å². The first-order valence-electron chi connectivity index (χ1n) is 7.06. The summed E-state index contributed by atoms with van der Waals surface area (Å²) in [5.41, 5.74) is 0. The first kappa shape index (κ1) is 17.4. The Kier molecular flexibility index (Phi) is 6.61. The van der Waals surface area contributed by atoms with E-state index < -0.39 is 30.2 Å². The monoisotopic (exact) mass is 301 g/mol. The summed E-state index contributed by atoms with van der Waals surface area (Å²) in [5.74, 6) is -1.17. The minimum Gasteiger partial charge on any atom is -0.460 e. The highest BCUT2D eigenvalue weighted by Crippen LogP contribution is 2.27. The Labute approximate surface area is 124 Å². The van der Waals surface area contributed by atoms with Crippen molar-refractivity contribution in [2.45, 2.75) is 64.9 Å². The van der Waals surface area contributed by atoms with Crippen molar-refractivity contribution < 1.29 is 28.6 Å². The van der Waals surface area contributed by atoms with Gasteiger partial charge in [0.25, 0.3) is 0 Å². The van der Waals surface area contributed by atoms with Gasteiger partial charge in [0.1, 0.15) is 18.2 Å². The summed E-state index contributed by atoms with van der Waals surface area (Å²) in [6, 6.07) is -0.563. The van der Waals surface area contributed by atoms with E-state index in [4.69, 9.17) is 14.2 Å². The lowest BCUT2D eigenvalue weighted by molar-refractivity contribution is -0.169. The Morgan fingerprint density at radius 1 is 1.00 bits per heavy atom. The van der Waals surface area contributed by atoms with Crippen molar-refractivity contribution in [2.24, 2.45) is 0 Å². The smallest absolute Gasteiger partial charge is 0.302 e. The number of carbonyl (C=O) groups excluding carboxylic acids is 3. The molecule has 7 heteroatoms. The van der Waals surface area contributed by atoms with Crippen molar-refractivity contribution in [1.29, 1.82) is 0 Å². The van der Waals surface area contributed by atoms with Gasteiger partial charge in [-0.3, -0.25) is 14.4 Å². The molecule has 0 radical (unpaired) electrons. The zero-order valence-electron chi connectivity index (χ0n) is 12.9. The van der Waals surface area contributed by atoms with Gasteiger partial charge >= 0.3 is 11.9 Å². The quantitative estimate of drug-likeness (QED) is 0.746. The number of amides is 1. The molecular formula is C14H23NO6. The highest BCUT2D eigenvalue weighted by Gasteiger charge is 2.42. The minimum atomic E-state index is -0.582. The van der Waals surface area contributed by atoms with Gasteiger partial charge in [0.15, 0.2) is 0 Å². The molecule has 0 bridgehead atoms. The molecular weight excluding hydrogens is 278 g/mol. The van der Waals surface area contributed by atoms with Gasteiger partial charge in [-0.2, -0.15) is 0 Å². The van der Waals surface area contributed by atoms with Crippen LogP contribution >= 0.6 is 0 Å². The molecule has 0 aliphatic heterocycles. The van der Waals surface area contributed by atoms with E-state index >= 15 is 0 Å². The third-order valence-corrected chi connectivity index (χ3v) is 3.20. The van der Waals surface area contributed by atoms with Crippen LogP contribution < -0.4 is 5.32 Å². The Bertz CT molecular complexity index is 371. The standard InChI is InChI=1S/C14H23NO6/c1-5-19-11-6-12(20-9(3)17)14(15-8(2)16)13(7-11)21-10(4)18/h11-14H,5-7H2,1-4H3,(H,15,16)/t11?,12-,13?,14?/m0/s1. The van der Waals surface area contributed by atoms with Crippen LogP contribution in [0.25, 0.3) is 0 Å². The summed E-state index contributed by atoms with van der Waals surface area (Å²) in [5, 5.41) is 2.71. The molecule has 1 amide bonds. The van der Waals surface area contributed by atoms with Gasteiger partial charge in [0.05, 0.1) is 6.10 Å². The lowest BCUT2D eigenvalue weighted by Crippen LogP contribution is -2.58. The number of ether oxygens (including phenoxy) is 3. The Morgan fingerprint density at radius 3 is 1.81 bits per heavy atom. The van der Waals surface area contributed by atoms with Crippen LogP contribution in [0.4, 0.5) is 0 Å². The van der Waals surface area contributed by atoms with Gasteiger partial charge in [-0.1, -0.05) is 0 Å². The molecule has 0 aromatic heterocycles. The second-order valence-corrected chi connectivity index (χ2v) is 5.07. The first-order valence-corrected chi connectivity index (χ1v) is 7.06. The van der Waals surface area contributed by atoms with Crippen molar-refractivity contribution in [3.05, 3.63) is 0 Å². The van der Waals surface area contributed by atoms with E-state index in [1.54, 1.807) is 0 Å². The lowest BCUT2D eigenvalue weighted by atomic mass is 9.87. The summed E-state index contributed by atoms with van der Waals surface area (Å²) in [6.45, 7) is 6.34. The second-order valence-electron chi connectivity index (χ2n) is 5.07. The summed E-state index contributed by atoms with van der Waals surface area (Å²) in [6.07, 6.45) is -0.442. The first-order chi connectivity index (χ1) is 9.83. The maximum absolute atomic E-state index is 11.4. The molecule has 1 saturated carbocycles. The Morgan fingerprint density at radius 2 is 1.48 bits per heavy atom. The largest absolute Gasteiger partial charge is 0.460 e. The normalized spacial score (nSPS) is 28.6. The van der Waals surface area contributed by atoms with E-state index in [-0.39, 0.29) is 12.0 Å². The minimum absolute atomic E-state index is 0.186. The van der Waals surface area contributed by atoms with Gasteiger partial charge in [-0.05, 0) is 6.92 Å². The van der Waals surface area contributed by atoms with Crippen molar-refractivity contribution in [3.8, 4) is 0 Å².